The number of anilines is 1. The molecule has 102 valence electrons. The second-order valence-corrected chi connectivity index (χ2v) is 4.38. The summed E-state index contributed by atoms with van der Waals surface area (Å²) in [4.78, 5) is 26.7. The van der Waals surface area contributed by atoms with Crippen LogP contribution in [0.25, 0.3) is 0 Å². The molecule has 1 heterocycles. The van der Waals surface area contributed by atoms with E-state index < -0.39 is 11.9 Å². The number of carbonyl (C=O) groups is 2. The molecule has 0 spiro atoms. The van der Waals surface area contributed by atoms with Gasteiger partial charge in [0, 0.05) is 11.9 Å². The first-order chi connectivity index (χ1) is 9.58. The highest BCUT2D eigenvalue weighted by atomic mass is 35.5. The quantitative estimate of drug-likeness (QED) is 0.848. The van der Waals surface area contributed by atoms with E-state index >= 15 is 0 Å². The number of carboxylic acid groups (broad SMARTS) is 1. The molecule has 6 heteroatoms. The van der Waals surface area contributed by atoms with E-state index in [4.69, 9.17) is 16.7 Å². The number of pyridine rings is 1. The van der Waals surface area contributed by atoms with Crippen LogP contribution in [0, 0.1) is 0 Å². The van der Waals surface area contributed by atoms with E-state index in [1.165, 1.54) is 6.20 Å². The molecule has 0 atom stereocenters. The number of nitrogens with zero attached hydrogens (tertiary/aromatic N) is 1. The third kappa shape index (κ3) is 3.33. The van der Waals surface area contributed by atoms with Crippen LogP contribution in [0.5, 0.6) is 0 Å². The number of aliphatic carboxylic acids is 1. The van der Waals surface area contributed by atoms with Crippen LogP contribution in [0.15, 0.2) is 42.6 Å². The minimum Gasteiger partial charge on any atom is -0.481 e. The van der Waals surface area contributed by atoms with Crippen LogP contribution in [0.4, 0.5) is 5.69 Å². The number of rotatable bonds is 4. The zero-order valence-electron chi connectivity index (χ0n) is 10.3. The average molecular weight is 291 g/mol. The van der Waals surface area contributed by atoms with E-state index in [1.54, 1.807) is 36.4 Å². The van der Waals surface area contributed by atoms with Crippen LogP contribution < -0.4 is 5.32 Å². The minimum atomic E-state index is -0.967. The monoisotopic (exact) mass is 290 g/mol. The molecule has 0 radical (unpaired) electrons. The van der Waals surface area contributed by atoms with Crippen molar-refractivity contribution in [3.05, 3.63) is 58.9 Å². The maximum absolute atomic E-state index is 12.1. The summed E-state index contributed by atoms with van der Waals surface area (Å²) in [5, 5.41) is 11.6. The van der Waals surface area contributed by atoms with Gasteiger partial charge in [-0.05, 0) is 23.8 Å². The Kier molecular flexibility index (Phi) is 4.32. The van der Waals surface area contributed by atoms with E-state index in [1.807, 2.05) is 0 Å². The Morgan fingerprint density at radius 1 is 1.20 bits per heavy atom. The van der Waals surface area contributed by atoms with Gasteiger partial charge in [0.2, 0.25) is 0 Å². The summed E-state index contributed by atoms with van der Waals surface area (Å²) in [5.74, 6) is -1.40. The van der Waals surface area contributed by atoms with E-state index in [2.05, 4.69) is 10.3 Å². The smallest absolute Gasteiger partial charge is 0.307 e. The van der Waals surface area contributed by atoms with Gasteiger partial charge < -0.3 is 10.4 Å². The van der Waals surface area contributed by atoms with Gasteiger partial charge in [-0.15, -0.1) is 0 Å². The van der Waals surface area contributed by atoms with Crippen LogP contribution in [0.3, 0.4) is 0 Å². The fourth-order valence-corrected chi connectivity index (χ4v) is 1.91. The summed E-state index contributed by atoms with van der Waals surface area (Å²) in [6, 6.07) is 9.86. The molecular formula is C14H11ClN2O3. The van der Waals surface area contributed by atoms with E-state index in [9.17, 15) is 9.59 Å². The highest BCUT2D eigenvalue weighted by Crippen LogP contribution is 2.19. The van der Waals surface area contributed by atoms with Crippen molar-refractivity contribution in [2.24, 2.45) is 0 Å². The Bertz CT molecular complexity index is 658. The third-order valence-electron chi connectivity index (χ3n) is 2.61. The lowest BCUT2D eigenvalue weighted by Crippen LogP contribution is -2.15. The molecule has 1 amide bonds. The molecule has 0 fully saturated rings. The number of benzene rings is 1. The zero-order valence-corrected chi connectivity index (χ0v) is 11.1. The fourth-order valence-electron chi connectivity index (χ4n) is 1.70. The molecular weight excluding hydrogens is 280 g/mol. The first-order valence-corrected chi connectivity index (χ1v) is 6.17. The average Bonchev–Trinajstić information content (AvgIpc) is 2.41. The SMILES string of the molecule is O=C(O)Cc1ccccc1NC(=O)c1cccnc1Cl. The van der Waals surface area contributed by atoms with Crippen molar-refractivity contribution < 1.29 is 14.7 Å². The molecule has 2 rings (SSSR count). The number of aromatic nitrogens is 1. The number of hydrogen-bond donors (Lipinski definition) is 2. The molecule has 0 unspecified atom stereocenters. The second kappa shape index (κ2) is 6.16. The summed E-state index contributed by atoms with van der Waals surface area (Å²) in [6.07, 6.45) is 1.31. The van der Waals surface area contributed by atoms with Crippen molar-refractivity contribution in [1.82, 2.24) is 4.98 Å². The number of carbonyl (C=O) groups excluding carboxylic acids is 1. The van der Waals surface area contributed by atoms with E-state index in [0.29, 0.717) is 11.3 Å². The molecule has 1 aromatic heterocycles. The van der Waals surface area contributed by atoms with E-state index in [-0.39, 0.29) is 17.1 Å². The van der Waals surface area contributed by atoms with Gasteiger partial charge in [-0.3, -0.25) is 9.59 Å². The van der Waals surface area contributed by atoms with Crippen LogP contribution in [-0.4, -0.2) is 22.0 Å². The van der Waals surface area contributed by atoms with Gasteiger partial charge in [-0.25, -0.2) is 4.98 Å². The Balaban J connectivity index is 2.24. The predicted octanol–water partition coefficient (Wildman–Crippen LogP) is 2.61. The van der Waals surface area contributed by atoms with Gasteiger partial charge in [-0.1, -0.05) is 29.8 Å². The number of halogens is 1. The standard InChI is InChI=1S/C14H11ClN2O3/c15-13-10(5-3-7-16-13)14(20)17-11-6-2-1-4-9(11)8-12(18)19/h1-7H,8H2,(H,17,20)(H,18,19). The number of nitrogens with one attached hydrogen (secondary N) is 1. The van der Waals surface area contributed by atoms with Crippen LogP contribution in [0.2, 0.25) is 5.15 Å². The Morgan fingerprint density at radius 2 is 1.95 bits per heavy atom. The molecule has 2 N–H and O–H groups in total. The molecule has 20 heavy (non-hydrogen) atoms. The highest BCUT2D eigenvalue weighted by Gasteiger charge is 2.13. The molecule has 5 nitrogen and oxygen atoms in total. The highest BCUT2D eigenvalue weighted by molar-refractivity contribution is 6.33. The van der Waals surface area contributed by atoms with Crippen molar-refractivity contribution in [3.63, 3.8) is 0 Å². The van der Waals surface area contributed by atoms with Crippen LogP contribution in [0.1, 0.15) is 15.9 Å². The summed E-state index contributed by atoms with van der Waals surface area (Å²) in [5.41, 5.74) is 1.20. The fraction of sp³-hybridized carbons (Fsp3) is 0.0714. The second-order valence-electron chi connectivity index (χ2n) is 4.02. The van der Waals surface area contributed by atoms with Gasteiger partial charge in [0.05, 0.1) is 12.0 Å². The van der Waals surface area contributed by atoms with Crippen molar-refractivity contribution in [1.29, 1.82) is 0 Å². The molecule has 1 aromatic carbocycles. The summed E-state index contributed by atoms with van der Waals surface area (Å²) < 4.78 is 0. The predicted molar refractivity (Wildman–Crippen MR) is 75.0 cm³/mol. The van der Waals surface area contributed by atoms with Gasteiger partial charge >= 0.3 is 5.97 Å². The van der Waals surface area contributed by atoms with Crippen LogP contribution >= 0.6 is 11.6 Å². The van der Waals surface area contributed by atoms with Crippen molar-refractivity contribution in [3.8, 4) is 0 Å². The van der Waals surface area contributed by atoms with Crippen LogP contribution in [-0.2, 0) is 11.2 Å². The molecule has 0 saturated heterocycles. The Morgan fingerprint density at radius 3 is 2.65 bits per heavy atom. The van der Waals surface area contributed by atoms with Crippen molar-refractivity contribution >= 4 is 29.2 Å². The van der Waals surface area contributed by atoms with Gasteiger partial charge in [0.1, 0.15) is 5.15 Å². The van der Waals surface area contributed by atoms with Gasteiger partial charge in [-0.2, -0.15) is 0 Å². The van der Waals surface area contributed by atoms with Gasteiger partial charge in [0.15, 0.2) is 0 Å². The molecule has 0 bridgehead atoms. The topological polar surface area (TPSA) is 79.3 Å². The number of amides is 1. The number of hydrogen-bond acceptors (Lipinski definition) is 3. The van der Waals surface area contributed by atoms with E-state index in [0.717, 1.165) is 0 Å². The lowest BCUT2D eigenvalue weighted by Gasteiger charge is -2.10. The number of para-hydroxylation sites is 1. The Labute approximate surface area is 120 Å². The molecule has 0 aliphatic carbocycles. The number of carboxylic acids is 1. The molecule has 0 saturated carbocycles. The molecule has 0 aliphatic heterocycles. The first kappa shape index (κ1) is 14.0. The lowest BCUT2D eigenvalue weighted by molar-refractivity contribution is -0.136. The zero-order chi connectivity index (χ0) is 14.5. The van der Waals surface area contributed by atoms with Crippen molar-refractivity contribution in [2.75, 3.05) is 5.32 Å². The van der Waals surface area contributed by atoms with Crippen molar-refractivity contribution in [2.45, 2.75) is 6.42 Å². The molecule has 0 aliphatic rings. The lowest BCUT2D eigenvalue weighted by atomic mass is 10.1. The largest absolute Gasteiger partial charge is 0.481 e. The Hall–Kier alpha value is -2.40. The summed E-state index contributed by atoms with van der Waals surface area (Å²) in [7, 11) is 0. The first-order valence-electron chi connectivity index (χ1n) is 5.79. The normalized spacial score (nSPS) is 10.1. The minimum absolute atomic E-state index is 0.0979. The maximum Gasteiger partial charge on any atom is 0.307 e. The summed E-state index contributed by atoms with van der Waals surface area (Å²) in [6.45, 7) is 0. The maximum atomic E-state index is 12.1. The third-order valence-corrected chi connectivity index (χ3v) is 2.91. The van der Waals surface area contributed by atoms with Gasteiger partial charge in [0.25, 0.3) is 5.91 Å². The molecule has 2 aromatic rings. The summed E-state index contributed by atoms with van der Waals surface area (Å²) >= 11 is 5.84.